The van der Waals surface area contributed by atoms with Crippen molar-refractivity contribution in [3.8, 4) is 0 Å². The molecule has 0 bridgehead atoms. The maximum absolute atomic E-state index is 5.02. The molecular formula is C5H7N3OS. The minimum Gasteiger partial charge on any atom is -0.372 e. The van der Waals surface area contributed by atoms with Gasteiger partial charge in [-0.15, -0.1) is 0 Å². The van der Waals surface area contributed by atoms with E-state index in [-0.39, 0.29) is 0 Å². The molecule has 5 heteroatoms. The van der Waals surface area contributed by atoms with Crippen LogP contribution in [0.25, 0.3) is 0 Å². The van der Waals surface area contributed by atoms with Crippen molar-refractivity contribution in [1.29, 1.82) is 0 Å². The Morgan fingerprint density at radius 1 is 1.90 bits per heavy atom. The van der Waals surface area contributed by atoms with E-state index in [1.807, 2.05) is 0 Å². The molecular weight excluding hydrogens is 150 g/mol. The van der Waals surface area contributed by atoms with Gasteiger partial charge in [-0.1, -0.05) is 11.8 Å². The quantitative estimate of drug-likeness (QED) is 0.506. The number of nitrogens with zero attached hydrogens (tertiary/aromatic N) is 2. The van der Waals surface area contributed by atoms with Crippen molar-refractivity contribution >= 4 is 11.8 Å². The Morgan fingerprint density at radius 3 is 3.40 bits per heavy atom. The molecule has 1 saturated heterocycles. The van der Waals surface area contributed by atoms with Crippen LogP contribution in [-0.4, -0.2) is 33.6 Å². The van der Waals surface area contributed by atoms with E-state index in [2.05, 4.69) is 15.2 Å². The standard InChI is InChI=1S/C5H7N3OS/c1-4(9-1)2-10-5-6-3-7-8-5/h3-4H,1-2H2,(H,6,7,8)/t4-/m0/s1. The fourth-order valence-electron chi connectivity index (χ4n) is 0.600. The van der Waals surface area contributed by atoms with Crippen molar-refractivity contribution in [2.75, 3.05) is 12.4 Å². The summed E-state index contributed by atoms with van der Waals surface area (Å²) in [5.74, 6) is 0.981. The second-order valence-corrected chi connectivity index (χ2v) is 3.07. The van der Waals surface area contributed by atoms with Crippen LogP contribution in [0.4, 0.5) is 0 Å². The predicted molar refractivity (Wildman–Crippen MR) is 36.8 cm³/mol. The summed E-state index contributed by atoms with van der Waals surface area (Å²) in [7, 11) is 0. The van der Waals surface area contributed by atoms with Gasteiger partial charge in [0, 0.05) is 5.75 Å². The van der Waals surface area contributed by atoms with E-state index < -0.39 is 0 Å². The lowest BCUT2D eigenvalue weighted by atomic mass is 10.6. The van der Waals surface area contributed by atoms with E-state index in [9.17, 15) is 0 Å². The molecule has 2 heterocycles. The van der Waals surface area contributed by atoms with E-state index >= 15 is 0 Å². The molecule has 0 aromatic carbocycles. The van der Waals surface area contributed by atoms with Gasteiger partial charge in [0.1, 0.15) is 6.33 Å². The van der Waals surface area contributed by atoms with Crippen molar-refractivity contribution in [2.45, 2.75) is 11.3 Å². The van der Waals surface area contributed by atoms with Crippen molar-refractivity contribution in [2.24, 2.45) is 0 Å². The first-order chi connectivity index (χ1) is 4.95. The number of aromatic amines is 1. The van der Waals surface area contributed by atoms with Gasteiger partial charge in [-0.2, -0.15) is 5.10 Å². The molecule has 0 spiro atoms. The summed E-state index contributed by atoms with van der Waals surface area (Å²) in [5.41, 5.74) is 0. The van der Waals surface area contributed by atoms with Crippen molar-refractivity contribution < 1.29 is 4.74 Å². The van der Waals surface area contributed by atoms with Gasteiger partial charge >= 0.3 is 0 Å². The third kappa shape index (κ3) is 1.48. The number of epoxide rings is 1. The number of nitrogens with one attached hydrogen (secondary N) is 1. The maximum atomic E-state index is 5.02. The molecule has 54 valence electrons. The normalized spacial score (nSPS) is 23.0. The Labute approximate surface area is 62.4 Å². The smallest absolute Gasteiger partial charge is 0.183 e. The van der Waals surface area contributed by atoms with Gasteiger partial charge < -0.3 is 4.74 Å². The van der Waals surface area contributed by atoms with E-state index in [1.165, 1.54) is 6.33 Å². The fourth-order valence-corrected chi connectivity index (χ4v) is 1.38. The average Bonchev–Trinajstić information content (AvgIpc) is 2.63. The highest BCUT2D eigenvalue weighted by molar-refractivity contribution is 7.99. The van der Waals surface area contributed by atoms with Gasteiger partial charge in [-0.05, 0) is 0 Å². The fraction of sp³-hybridized carbons (Fsp3) is 0.600. The van der Waals surface area contributed by atoms with Crippen LogP contribution in [-0.2, 0) is 4.74 Å². The van der Waals surface area contributed by atoms with Gasteiger partial charge in [0.25, 0.3) is 0 Å². The number of thioether (sulfide) groups is 1. The van der Waals surface area contributed by atoms with E-state index in [4.69, 9.17) is 4.74 Å². The summed E-state index contributed by atoms with van der Waals surface area (Å²) in [6, 6.07) is 0. The molecule has 1 aromatic rings. The minimum absolute atomic E-state index is 0.454. The van der Waals surface area contributed by atoms with Crippen molar-refractivity contribution in [3.05, 3.63) is 6.33 Å². The number of hydrogen-bond donors (Lipinski definition) is 1. The molecule has 0 unspecified atom stereocenters. The van der Waals surface area contributed by atoms with E-state index in [0.29, 0.717) is 6.10 Å². The lowest BCUT2D eigenvalue weighted by Gasteiger charge is -1.89. The Hall–Kier alpha value is -0.550. The second kappa shape index (κ2) is 2.59. The molecule has 0 radical (unpaired) electrons. The third-order valence-corrected chi connectivity index (χ3v) is 2.21. The SMILES string of the molecule is c1n[nH]c(SC[C@@H]2CO2)n1. The van der Waals surface area contributed by atoms with E-state index in [0.717, 1.165) is 17.5 Å². The van der Waals surface area contributed by atoms with Crippen LogP contribution in [0.2, 0.25) is 0 Å². The summed E-state index contributed by atoms with van der Waals surface area (Å²) in [5, 5.41) is 7.36. The monoisotopic (exact) mass is 157 g/mol. The van der Waals surface area contributed by atoms with E-state index in [1.54, 1.807) is 11.8 Å². The number of hydrogen-bond acceptors (Lipinski definition) is 4. The van der Waals surface area contributed by atoms with Gasteiger partial charge in [0.05, 0.1) is 12.7 Å². The summed E-state index contributed by atoms with van der Waals surface area (Å²) >= 11 is 1.64. The van der Waals surface area contributed by atoms with Crippen LogP contribution in [0.5, 0.6) is 0 Å². The molecule has 1 fully saturated rings. The Balaban J connectivity index is 1.79. The molecule has 1 atom stereocenters. The predicted octanol–water partition coefficient (Wildman–Crippen LogP) is 0.296. The maximum Gasteiger partial charge on any atom is 0.183 e. The van der Waals surface area contributed by atoms with Gasteiger partial charge in [-0.25, -0.2) is 4.98 Å². The molecule has 10 heavy (non-hydrogen) atoms. The molecule has 0 saturated carbocycles. The average molecular weight is 157 g/mol. The number of H-pyrrole nitrogens is 1. The highest BCUT2D eigenvalue weighted by Crippen LogP contribution is 2.19. The lowest BCUT2D eigenvalue weighted by molar-refractivity contribution is 0.426. The highest BCUT2D eigenvalue weighted by Gasteiger charge is 2.22. The Morgan fingerprint density at radius 2 is 2.80 bits per heavy atom. The summed E-state index contributed by atoms with van der Waals surface area (Å²) < 4.78 is 5.02. The third-order valence-electron chi connectivity index (χ3n) is 1.20. The first-order valence-corrected chi connectivity index (χ1v) is 4.03. The Bertz CT molecular complexity index is 197. The van der Waals surface area contributed by atoms with Crippen molar-refractivity contribution in [3.63, 3.8) is 0 Å². The molecule has 1 aliphatic heterocycles. The number of ether oxygens (including phenoxy) is 1. The van der Waals surface area contributed by atoms with Crippen LogP contribution >= 0.6 is 11.8 Å². The first-order valence-electron chi connectivity index (χ1n) is 3.05. The summed E-state index contributed by atoms with van der Waals surface area (Å²) in [6.45, 7) is 0.904. The molecule has 1 aromatic heterocycles. The largest absolute Gasteiger partial charge is 0.372 e. The second-order valence-electron chi connectivity index (χ2n) is 2.06. The van der Waals surface area contributed by atoms with Gasteiger partial charge in [0.15, 0.2) is 5.16 Å². The molecule has 0 amide bonds. The zero-order valence-electron chi connectivity index (χ0n) is 5.28. The Kier molecular flexibility index (Phi) is 1.60. The minimum atomic E-state index is 0.454. The first kappa shape index (κ1) is 6.18. The number of aromatic nitrogens is 3. The molecule has 0 aliphatic carbocycles. The number of rotatable bonds is 3. The lowest BCUT2D eigenvalue weighted by Crippen LogP contribution is -1.89. The van der Waals surface area contributed by atoms with Crippen LogP contribution in [0.3, 0.4) is 0 Å². The zero-order chi connectivity index (χ0) is 6.81. The van der Waals surface area contributed by atoms with Crippen LogP contribution in [0.15, 0.2) is 11.5 Å². The summed E-state index contributed by atoms with van der Waals surface area (Å²) in [6.07, 6.45) is 1.96. The van der Waals surface area contributed by atoms with Crippen molar-refractivity contribution in [1.82, 2.24) is 15.2 Å². The molecule has 4 nitrogen and oxygen atoms in total. The molecule has 2 rings (SSSR count). The zero-order valence-corrected chi connectivity index (χ0v) is 6.10. The topological polar surface area (TPSA) is 54.1 Å². The molecule has 1 aliphatic rings. The van der Waals surface area contributed by atoms with Crippen LogP contribution in [0.1, 0.15) is 0 Å². The van der Waals surface area contributed by atoms with Gasteiger partial charge in [-0.3, -0.25) is 5.10 Å². The summed E-state index contributed by atoms with van der Waals surface area (Å²) in [4.78, 5) is 3.96. The molecule has 1 N–H and O–H groups in total. The highest BCUT2D eigenvalue weighted by atomic mass is 32.2. The van der Waals surface area contributed by atoms with Crippen LogP contribution < -0.4 is 0 Å². The van der Waals surface area contributed by atoms with Crippen LogP contribution in [0, 0.1) is 0 Å². The van der Waals surface area contributed by atoms with Gasteiger partial charge in [0.2, 0.25) is 0 Å².